The number of fused-ring (bicyclic) bond motifs is 3. The van der Waals surface area contributed by atoms with Gasteiger partial charge in [0, 0.05) is 21.4 Å². The van der Waals surface area contributed by atoms with E-state index in [0.717, 1.165) is 32.5 Å². The molecule has 0 amide bonds. The second-order valence-corrected chi connectivity index (χ2v) is 6.60. The molecule has 1 heterocycles. The molecule has 4 aromatic rings. The summed E-state index contributed by atoms with van der Waals surface area (Å²) in [6.07, 6.45) is 0. The highest BCUT2D eigenvalue weighted by atomic mass is 35.5. The van der Waals surface area contributed by atoms with E-state index in [2.05, 4.69) is 50.2 Å². The molecule has 0 aliphatic heterocycles. The molecule has 0 unspecified atom stereocenters. The summed E-state index contributed by atoms with van der Waals surface area (Å²) < 4.78 is 6.17. The molecule has 0 saturated carbocycles. The van der Waals surface area contributed by atoms with Gasteiger partial charge in [-0.05, 0) is 35.2 Å². The number of rotatable bonds is 2. The number of hydrogen-bond acceptors (Lipinski definition) is 1. The Kier molecular flexibility index (Phi) is 3.39. The summed E-state index contributed by atoms with van der Waals surface area (Å²) in [4.78, 5) is 0. The van der Waals surface area contributed by atoms with E-state index in [9.17, 15) is 0 Å². The van der Waals surface area contributed by atoms with Crippen molar-refractivity contribution in [2.24, 2.45) is 0 Å². The van der Waals surface area contributed by atoms with Crippen molar-refractivity contribution in [2.75, 3.05) is 0 Å². The second-order valence-electron chi connectivity index (χ2n) is 6.17. The summed E-state index contributed by atoms with van der Waals surface area (Å²) in [5.41, 5.74) is 5.42. The predicted octanol–water partition coefficient (Wildman–Crippen LogP) is 7.03. The van der Waals surface area contributed by atoms with Crippen LogP contribution in [0.4, 0.5) is 0 Å². The van der Waals surface area contributed by atoms with Gasteiger partial charge in [-0.15, -0.1) is 0 Å². The molecule has 0 N–H and O–H groups in total. The number of furan rings is 1. The predicted molar refractivity (Wildman–Crippen MR) is 98.3 cm³/mol. The molecule has 1 aromatic heterocycles. The zero-order valence-corrected chi connectivity index (χ0v) is 13.9. The summed E-state index contributed by atoms with van der Waals surface area (Å²) in [7, 11) is 0. The molecular formula is C21H17ClO. The van der Waals surface area contributed by atoms with Gasteiger partial charge >= 0.3 is 0 Å². The van der Waals surface area contributed by atoms with Gasteiger partial charge in [0.2, 0.25) is 0 Å². The third-order valence-corrected chi connectivity index (χ3v) is 4.57. The van der Waals surface area contributed by atoms with E-state index in [-0.39, 0.29) is 0 Å². The first-order valence-corrected chi connectivity index (χ1v) is 8.23. The van der Waals surface area contributed by atoms with Crippen LogP contribution in [0.25, 0.3) is 33.1 Å². The first-order chi connectivity index (χ1) is 11.1. The lowest BCUT2D eigenvalue weighted by Gasteiger charge is -2.13. The third-order valence-electron chi connectivity index (χ3n) is 4.33. The highest BCUT2D eigenvalue weighted by Crippen LogP contribution is 2.39. The quantitative estimate of drug-likeness (QED) is 0.386. The third kappa shape index (κ3) is 2.32. The van der Waals surface area contributed by atoms with Crippen LogP contribution >= 0.6 is 11.6 Å². The molecule has 2 heteroatoms. The van der Waals surface area contributed by atoms with Crippen LogP contribution in [0, 0.1) is 0 Å². The fraction of sp³-hybridized carbons (Fsp3) is 0.143. The molecule has 0 spiro atoms. The lowest BCUT2D eigenvalue weighted by molar-refractivity contribution is 0.670. The number of para-hydroxylation sites is 2. The fourth-order valence-corrected chi connectivity index (χ4v) is 3.40. The van der Waals surface area contributed by atoms with Crippen LogP contribution in [0.5, 0.6) is 0 Å². The summed E-state index contributed by atoms with van der Waals surface area (Å²) in [6, 6.07) is 20.6. The minimum Gasteiger partial charge on any atom is -0.455 e. The topological polar surface area (TPSA) is 13.1 Å². The van der Waals surface area contributed by atoms with Gasteiger partial charge in [0.15, 0.2) is 0 Å². The Morgan fingerprint density at radius 1 is 0.826 bits per heavy atom. The van der Waals surface area contributed by atoms with Gasteiger partial charge in [0.05, 0.1) is 0 Å². The van der Waals surface area contributed by atoms with Gasteiger partial charge in [-0.25, -0.2) is 0 Å². The van der Waals surface area contributed by atoms with Crippen molar-refractivity contribution in [1.29, 1.82) is 0 Å². The van der Waals surface area contributed by atoms with Crippen molar-refractivity contribution < 1.29 is 4.42 Å². The summed E-state index contributed by atoms with van der Waals surface area (Å²) in [5.74, 6) is 0.392. The molecule has 0 aliphatic rings. The van der Waals surface area contributed by atoms with Crippen molar-refractivity contribution in [3.8, 4) is 11.1 Å². The fourth-order valence-electron chi connectivity index (χ4n) is 3.22. The maximum atomic E-state index is 6.21. The van der Waals surface area contributed by atoms with Crippen molar-refractivity contribution in [2.45, 2.75) is 19.8 Å². The zero-order chi connectivity index (χ0) is 16.0. The van der Waals surface area contributed by atoms with E-state index in [1.54, 1.807) is 0 Å². The molecule has 0 radical (unpaired) electrons. The van der Waals surface area contributed by atoms with Gasteiger partial charge in [-0.3, -0.25) is 0 Å². The van der Waals surface area contributed by atoms with E-state index in [0.29, 0.717) is 5.92 Å². The normalized spacial score (nSPS) is 11.7. The van der Waals surface area contributed by atoms with Crippen LogP contribution in [0.15, 0.2) is 65.1 Å². The second kappa shape index (κ2) is 5.43. The maximum absolute atomic E-state index is 6.21. The molecule has 0 bridgehead atoms. The van der Waals surface area contributed by atoms with Gasteiger partial charge < -0.3 is 4.42 Å². The van der Waals surface area contributed by atoms with Gasteiger partial charge in [0.1, 0.15) is 11.2 Å². The molecule has 0 fully saturated rings. The van der Waals surface area contributed by atoms with Crippen LogP contribution in [0.3, 0.4) is 0 Å². The van der Waals surface area contributed by atoms with Crippen LogP contribution in [0.2, 0.25) is 5.02 Å². The monoisotopic (exact) mass is 320 g/mol. The highest BCUT2D eigenvalue weighted by Gasteiger charge is 2.15. The molecule has 4 rings (SSSR count). The molecule has 23 heavy (non-hydrogen) atoms. The lowest BCUT2D eigenvalue weighted by Crippen LogP contribution is -1.92. The van der Waals surface area contributed by atoms with E-state index in [4.69, 9.17) is 16.0 Å². The molecule has 0 atom stereocenters. The van der Waals surface area contributed by atoms with E-state index in [1.165, 1.54) is 11.1 Å². The number of halogens is 1. The molecule has 3 aromatic carbocycles. The zero-order valence-electron chi connectivity index (χ0n) is 13.1. The smallest absolute Gasteiger partial charge is 0.143 e. The Morgan fingerprint density at radius 3 is 2.43 bits per heavy atom. The average molecular weight is 321 g/mol. The van der Waals surface area contributed by atoms with Crippen LogP contribution in [0.1, 0.15) is 25.3 Å². The van der Waals surface area contributed by atoms with Crippen molar-refractivity contribution >= 4 is 33.5 Å². The highest BCUT2D eigenvalue weighted by molar-refractivity contribution is 6.30. The lowest BCUT2D eigenvalue weighted by atomic mass is 9.92. The summed E-state index contributed by atoms with van der Waals surface area (Å²) >= 11 is 6.21. The van der Waals surface area contributed by atoms with Crippen LogP contribution in [-0.2, 0) is 0 Å². The van der Waals surface area contributed by atoms with E-state index in [1.807, 2.05) is 24.3 Å². The molecule has 0 aliphatic carbocycles. The Bertz CT molecular complexity index is 1010. The van der Waals surface area contributed by atoms with Gasteiger partial charge in [0.25, 0.3) is 0 Å². The van der Waals surface area contributed by atoms with Crippen LogP contribution < -0.4 is 0 Å². The Labute approximate surface area is 140 Å². The number of hydrogen-bond donors (Lipinski definition) is 0. The Morgan fingerprint density at radius 2 is 1.61 bits per heavy atom. The largest absolute Gasteiger partial charge is 0.455 e. The Hall–Kier alpha value is -2.25. The van der Waals surface area contributed by atoms with E-state index < -0.39 is 0 Å². The van der Waals surface area contributed by atoms with Crippen LogP contribution in [-0.4, -0.2) is 0 Å². The maximum Gasteiger partial charge on any atom is 0.143 e. The minimum absolute atomic E-state index is 0.392. The summed E-state index contributed by atoms with van der Waals surface area (Å²) in [5, 5.41) is 3.08. The molecule has 0 saturated heterocycles. The standard InChI is InChI=1S/C21H17ClO/c1-13(2)19-12-14(22)10-11-15(19)17-7-5-8-18-16-6-3-4-9-20(16)23-21(17)18/h3-13H,1-2H3. The minimum atomic E-state index is 0.392. The molecule has 1 nitrogen and oxygen atoms in total. The molecular weight excluding hydrogens is 304 g/mol. The van der Waals surface area contributed by atoms with Gasteiger partial charge in [-0.1, -0.05) is 67.9 Å². The first-order valence-electron chi connectivity index (χ1n) is 7.85. The Balaban J connectivity index is 2.07. The average Bonchev–Trinajstić information content (AvgIpc) is 2.93. The van der Waals surface area contributed by atoms with Crippen molar-refractivity contribution in [3.63, 3.8) is 0 Å². The first kappa shape index (κ1) is 14.3. The van der Waals surface area contributed by atoms with Gasteiger partial charge in [-0.2, -0.15) is 0 Å². The van der Waals surface area contributed by atoms with Crippen molar-refractivity contribution in [1.82, 2.24) is 0 Å². The van der Waals surface area contributed by atoms with E-state index >= 15 is 0 Å². The number of benzene rings is 3. The SMILES string of the molecule is CC(C)c1cc(Cl)ccc1-c1cccc2c1oc1ccccc12. The summed E-state index contributed by atoms with van der Waals surface area (Å²) in [6.45, 7) is 4.38. The molecule has 114 valence electrons. The van der Waals surface area contributed by atoms with Crippen molar-refractivity contribution in [3.05, 3.63) is 71.2 Å².